The van der Waals surface area contributed by atoms with E-state index in [0.29, 0.717) is 11.1 Å². The van der Waals surface area contributed by atoms with Crippen molar-refractivity contribution >= 4 is 11.8 Å². The summed E-state index contributed by atoms with van der Waals surface area (Å²) in [5.74, 6) is -0.332. The summed E-state index contributed by atoms with van der Waals surface area (Å²) in [6, 6.07) is 6.54. The lowest BCUT2D eigenvalue weighted by molar-refractivity contribution is 0.00592. The molecule has 0 aromatic heterocycles. The van der Waals surface area contributed by atoms with Crippen LogP contribution in [0.15, 0.2) is 24.3 Å². The van der Waals surface area contributed by atoms with E-state index in [1.54, 1.807) is 31.2 Å². The molecule has 0 heterocycles. The third-order valence-electron chi connectivity index (χ3n) is 4.11. The zero-order valence-electron chi connectivity index (χ0n) is 14.6. The highest BCUT2D eigenvalue weighted by Gasteiger charge is 2.27. The summed E-state index contributed by atoms with van der Waals surface area (Å²) >= 11 is 0. The molecule has 2 amide bonds. The molecule has 0 aliphatic rings. The number of hydrogen-bond donors (Lipinski definition) is 3. The average Bonchev–Trinajstić information content (AvgIpc) is 2.51. The lowest BCUT2D eigenvalue weighted by Crippen LogP contribution is -2.45. The zero-order chi connectivity index (χ0) is 17.6. The molecule has 5 nitrogen and oxygen atoms in total. The Kier molecular flexibility index (Phi) is 6.76. The molecule has 0 saturated carbocycles. The Bertz CT molecular complexity index is 536. The Morgan fingerprint density at radius 2 is 1.57 bits per heavy atom. The molecule has 0 fully saturated rings. The van der Waals surface area contributed by atoms with Crippen LogP contribution in [0.4, 0.5) is 0 Å². The van der Waals surface area contributed by atoms with Gasteiger partial charge in [0.05, 0.1) is 5.60 Å². The third kappa shape index (κ3) is 5.67. The Morgan fingerprint density at radius 1 is 1.09 bits per heavy atom. The highest BCUT2D eigenvalue weighted by Crippen LogP contribution is 2.19. The van der Waals surface area contributed by atoms with Crippen LogP contribution in [0.3, 0.4) is 0 Å². The molecule has 0 aliphatic carbocycles. The van der Waals surface area contributed by atoms with E-state index in [-0.39, 0.29) is 30.3 Å². The Labute approximate surface area is 138 Å². The second-order valence-electron chi connectivity index (χ2n) is 6.55. The molecular weight excluding hydrogens is 292 g/mol. The van der Waals surface area contributed by atoms with Crippen LogP contribution in [0.2, 0.25) is 0 Å². The maximum atomic E-state index is 12.1. The molecular formula is C18H28N2O3. The van der Waals surface area contributed by atoms with E-state index in [9.17, 15) is 14.7 Å². The van der Waals surface area contributed by atoms with E-state index in [1.165, 1.54) is 0 Å². The normalized spacial score (nSPS) is 14.9. The van der Waals surface area contributed by atoms with Crippen molar-refractivity contribution < 1.29 is 14.7 Å². The molecule has 1 rings (SSSR count). The second kappa shape index (κ2) is 8.11. The quantitative estimate of drug-likeness (QED) is 0.721. The maximum Gasteiger partial charge on any atom is 0.251 e. The number of carbonyl (C=O) groups excluding carboxylic acids is 2. The van der Waals surface area contributed by atoms with Crippen molar-refractivity contribution in [1.82, 2.24) is 10.6 Å². The van der Waals surface area contributed by atoms with Crippen LogP contribution in [-0.4, -0.2) is 35.1 Å². The van der Waals surface area contributed by atoms with Gasteiger partial charge < -0.3 is 15.7 Å². The largest absolute Gasteiger partial charge is 0.388 e. The first-order chi connectivity index (χ1) is 10.7. The number of nitrogens with one attached hydrogen (secondary N) is 2. The van der Waals surface area contributed by atoms with Crippen molar-refractivity contribution in [3.05, 3.63) is 35.4 Å². The first kappa shape index (κ1) is 19.2. The van der Waals surface area contributed by atoms with Gasteiger partial charge in [-0.05, 0) is 51.0 Å². The molecule has 3 N–H and O–H groups in total. The van der Waals surface area contributed by atoms with Gasteiger partial charge in [-0.2, -0.15) is 0 Å². The van der Waals surface area contributed by atoms with Gasteiger partial charge in [0.1, 0.15) is 0 Å². The topological polar surface area (TPSA) is 78.4 Å². The minimum Gasteiger partial charge on any atom is -0.388 e. The molecule has 128 valence electrons. The molecule has 2 unspecified atom stereocenters. The van der Waals surface area contributed by atoms with Gasteiger partial charge in [-0.15, -0.1) is 0 Å². The first-order valence-corrected chi connectivity index (χ1v) is 8.09. The molecule has 5 heteroatoms. The van der Waals surface area contributed by atoms with Crippen LogP contribution in [-0.2, 0) is 0 Å². The molecule has 0 radical (unpaired) electrons. The highest BCUT2D eigenvalue weighted by atomic mass is 16.3. The van der Waals surface area contributed by atoms with Crippen LogP contribution in [0.25, 0.3) is 0 Å². The maximum absolute atomic E-state index is 12.1. The van der Waals surface area contributed by atoms with Crippen LogP contribution >= 0.6 is 0 Å². The first-order valence-electron chi connectivity index (χ1n) is 8.09. The van der Waals surface area contributed by atoms with E-state index in [0.717, 1.165) is 6.42 Å². The predicted octanol–water partition coefficient (Wildman–Crippen LogP) is 2.35. The van der Waals surface area contributed by atoms with Gasteiger partial charge in [-0.3, -0.25) is 9.59 Å². The van der Waals surface area contributed by atoms with Crippen molar-refractivity contribution in [1.29, 1.82) is 0 Å². The lowest BCUT2D eigenvalue weighted by Gasteiger charge is -2.29. The summed E-state index contributed by atoms with van der Waals surface area (Å²) in [6.07, 6.45) is 0.836. The average molecular weight is 320 g/mol. The summed E-state index contributed by atoms with van der Waals surface area (Å²) < 4.78 is 0. The SMILES string of the molecule is CCC(C)C(C)(O)CNC(=O)c1ccc(C(=O)NC(C)C)cc1. The molecule has 0 bridgehead atoms. The highest BCUT2D eigenvalue weighted by molar-refractivity contribution is 5.97. The second-order valence-corrected chi connectivity index (χ2v) is 6.55. The van der Waals surface area contributed by atoms with Gasteiger partial charge in [0.2, 0.25) is 0 Å². The van der Waals surface area contributed by atoms with Crippen LogP contribution in [0, 0.1) is 5.92 Å². The van der Waals surface area contributed by atoms with E-state index >= 15 is 0 Å². The van der Waals surface area contributed by atoms with Crippen LogP contribution in [0.5, 0.6) is 0 Å². The smallest absolute Gasteiger partial charge is 0.251 e. The van der Waals surface area contributed by atoms with Crippen LogP contribution < -0.4 is 10.6 Å². The van der Waals surface area contributed by atoms with E-state index in [4.69, 9.17) is 0 Å². The molecule has 2 atom stereocenters. The van der Waals surface area contributed by atoms with Crippen LogP contribution in [0.1, 0.15) is 61.8 Å². The van der Waals surface area contributed by atoms with Crippen molar-refractivity contribution in [3.8, 4) is 0 Å². The minimum atomic E-state index is -0.943. The monoisotopic (exact) mass is 320 g/mol. The van der Waals surface area contributed by atoms with Gasteiger partial charge in [0.15, 0.2) is 0 Å². The van der Waals surface area contributed by atoms with Gasteiger partial charge >= 0.3 is 0 Å². The Balaban J connectivity index is 2.66. The molecule has 1 aromatic carbocycles. The molecule has 1 aromatic rings. The number of carbonyl (C=O) groups is 2. The van der Waals surface area contributed by atoms with E-state index in [1.807, 2.05) is 27.7 Å². The Morgan fingerprint density at radius 3 is 2.00 bits per heavy atom. The summed E-state index contributed by atoms with van der Waals surface area (Å²) in [4.78, 5) is 24.0. The van der Waals surface area contributed by atoms with Gasteiger partial charge in [-0.1, -0.05) is 20.3 Å². The van der Waals surface area contributed by atoms with Crippen molar-refractivity contribution in [2.75, 3.05) is 6.54 Å². The fraction of sp³-hybridized carbons (Fsp3) is 0.556. The number of amides is 2. The van der Waals surface area contributed by atoms with E-state index < -0.39 is 5.60 Å². The summed E-state index contributed by atoms with van der Waals surface area (Å²) in [5.41, 5.74) is 0.0366. The van der Waals surface area contributed by atoms with Gasteiger partial charge in [0.25, 0.3) is 11.8 Å². The van der Waals surface area contributed by atoms with Gasteiger partial charge in [0, 0.05) is 23.7 Å². The molecule has 0 aliphatic heterocycles. The van der Waals surface area contributed by atoms with Crippen molar-refractivity contribution in [2.45, 2.75) is 52.7 Å². The predicted molar refractivity (Wildman–Crippen MR) is 91.5 cm³/mol. The summed E-state index contributed by atoms with van der Waals surface area (Å²) in [6.45, 7) is 9.65. The molecule has 23 heavy (non-hydrogen) atoms. The number of hydrogen-bond acceptors (Lipinski definition) is 3. The van der Waals surface area contributed by atoms with Gasteiger partial charge in [-0.25, -0.2) is 0 Å². The van der Waals surface area contributed by atoms with Crippen molar-refractivity contribution in [3.63, 3.8) is 0 Å². The fourth-order valence-corrected chi connectivity index (χ4v) is 2.09. The zero-order valence-corrected chi connectivity index (χ0v) is 14.6. The minimum absolute atomic E-state index is 0.0632. The summed E-state index contributed by atoms with van der Waals surface area (Å²) in [7, 11) is 0. The third-order valence-corrected chi connectivity index (χ3v) is 4.11. The fourth-order valence-electron chi connectivity index (χ4n) is 2.09. The Hall–Kier alpha value is -1.88. The number of aliphatic hydroxyl groups is 1. The molecule has 0 spiro atoms. The van der Waals surface area contributed by atoms with E-state index in [2.05, 4.69) is 10.6 Å². The number of rotatable bonds is 7. The lowest BCUT2D eigenvalue weighted by atomic mass is 9.88. The standard InChI is InChI=1S/C18H28N2O3/c1-6-13(4)18(5,23)11-19-16(21)14-7-9-15(10-8-14)17(22)20-12(2)3/h7-10,12-13,23H,6,11H2,1-5H3,(H,19,21)(H,20,22). The molecule has 0 saturated heterocycles. The number of benzene rings is 1. The summed E-state index contributed by atoms with van der Waals surface area (Å²) in [5, 5.41) is 15.9. The van der Waals surface area contributed by atoms with Crippen molar-refractivity contribution in [2.24, 2.45) is 5.92 Å².